The van der Waals surface area contributed by atoms with E-state index in [1.54, 1.807) is 18.0 Å². The number of aryl methyl sites for hydroxylation is 1. The first-order valence-electron chi connectivity index (χ1n) is 6.67. The van der Waals surface area contributed by atoms with Crippen molar-refractivity contribution in [1.29, 1.82) is 0 Å². The van der Waals surface area contributed by atoms with Crippen LogP contribution in [-0.4, -0.2) is 50.0 Å². The maximum absolute atomic E-state index is 10.2. The van der Waals surface area contributed by atoms with E-state index in [4.69, 9.17) is 9.47 Å². The SMILES string of the molecule is CC[C@H]1O[C@@H](n2cnc3c(C)ncnc32)C(OC)[C@H]1O. The number of ether oxygens (including phenoxy) is 2. The first-order valence-corrected chi connectivity index (χ1v) is 6.67. The number of imidazole rings is 1. The third-order valence-electron chi connectivity index (χ3n) is 3.80. The van der Waals surface area contributed by atoms with Crippen LogP contribution in [0.2, 0.25) is 0 Å². The molecule has 0 bridgehead atoms. The van der Waals surface area contributed by atoms with Gasteiger partial charge >= 0.3 is 0 Å². The Kier molecular flexibility index (Phi) is 3.41. The summed E-state index contributed by atoms with van der Waals surface area (Å²) in [5.41, 5.74) is 2.24. The summed E-state index contributed by atoms with van der Waals surface area (Å²) in [6, 6.07) is 0. The molecule has 0 saturated carbocycles. The van der Waals surface area contributed by atoms with Crippen LogP contribution < -0.4 is 0 Å². The minimum absolute atomic E-state index is 0.245. The monoisotopic (exact) mass is 278 g/mol. The van der Waals surface area contributed by atoms with Gasteiger partial charge in [0.25, 0.3) is 0 Å². The Labute approximate surface area is 116 Å². The normalized spacial score (nSPS) is 30.2. The van der Waals surface area contributed by atoms with Crippen molar-refractivity contribution in [3.63, 3.8) is 0 Å². The molecular formula is C13H18N4O3. The summed E-state index contributed by atoms with van der Waals surface area (Å²) >= 11 is 0. The van der Waals surface area contributed by atoms with E-state index in [0.717, 1.165) is 17.6 Å². The third-order valence-corrected chi connectivity index (χ3v) is 3.80. The van der Waals surface area contributed by atoms with Crippen molar-refractivity contribution in [2.24, 2.45) is 0 Å². The van der Waals surface area contributed by atoms with Crippen LogP contribution in [0.3, 0.4) is 0 Å². The van der Waals surface area contributed by atoms with Crippen LogP contribution in [0.25, 0.3) is 11.2 Å². The quantitative estimate of drug-likeness (QED) is 0.895. The summed E-state index contributed by atoms with van der Waals surface area (Å²) in [5.74, 6) is 0. The molecule has 1 fully saturated rings. The topological polar surface area (TPSA) is 82.3 Å². The van der Waals surface area contributed by atoms with Gasteiger partial charge in [-0.05, 0) is 13.3 Å². The molecule has 20 heavy (non-hydrogen) atoms. The molecule has 0 amide bonds. The van der Waals surface area contributed by atoms with Gasteiger partial charge in [-0.25, -0.2) is 15.0 Å². The number of aromatic nitrogens is 4. The predicted octanol–water partition coefficient (Wildman–Crippen LogP) is 0.818. The van der Waals surface area contributed by atoms with E-state index in [-0.39, 0.29) is 6.10 Å². The number of methoxy groups -OCH3 is 1. The third kappa shape index (κ3) is 1.90. The van der Waals surface area contributed by atoms with Crippen LogP contribution in [0.1, 0.15) is 25.3 Å². The summed E-state index contributed by atoms with van der Waals surface area (Å²) in [6.45, 7) is 3.86. The molecule has 7 heteroatoms. The molecule has 1 aliphatic rings. The van der Waals surface area contributed by atoms with Crippen molar-refractivity contribution in [3.8, 4) is 0 Å². The van der Waals surface area contributed by atoms with E-state index in [2.05, 4.69) is 15.0 Å². The molecule has 108 valence electrons. The number of hydrogen-bond donors (Lipinski definition) is 1. The largest absolute Gasteiger partial charge is 0.388 e. The summed E-state index contributed by atoms with van der Waals surface area (Å²) in [4.78, 5) is 12.7. The van der Waals surface area contributed by atoms with Crippen LogP contribution in [0.15, 0.2) is 12.7 Å². The zero-order valence-electron chi connectivity index (χ0n) is 11.7. The van der Waals surface area contributed by atoms with Crippen LogP contribution in [0.5, 0.6) is 0 Å². The molecule has 0 aliphatic carbocycles. The molecule has 0 radical (unpaired) electrons. The van der Waals surface area contributed by atoms with Crippen molar-refractivity contribution in [1.82, 2.24) is 19.5 Å². The van der Waals surface area contributed by atoms with Crippen LogP contribution in [0.4, 0.5) is 0 Å². The molecule has 1 unspecified atom stereocenters. The molecule has 1 aliphatic heterocycles. The molecule has 0 spiro atoms. The Morgan fingerprint density at radius 3 is 2.90 bits per heavy atom. The molecule has 2 aromatic heterocycles. The highest BCUT2D eigenvalue weighted by Crippen LogP contribution is 2.34. The standard InChI is InChI=1S/C13H18N4O3/c1-4-8-10(18)11(19-3)13(20-8)17-6-16-9-7(2)14-5-15-12(9)17/h5-6,8,10-11,13,18H,4H2,1-3H3/t8-,10+,11?,13-/m1/s1. The van der Waals surface area contributed by atoms with E-state index < -0.39 is 18.4 Å². The van der Waals surface area contributed by atoms with E-state index in [1.807, 2.05) is 13.8 Å². The molecule has 0 aromatic carbocycles. The van der Waals surface area contributed by atoms with Crippen molar-refractivity contribution in [3.05, 3.63) is 18.3 Å². The average Bonchev–Trinajstić information content (AvgIpc) is 3.00. The zero-order valence-corrected chi connectivity index (χ0v) is 11.7. The van der Waals surface area contributed by atoms with Gasteiger partial charge in [0.1, 0.15) is 24.1 Å². The highest BCUT2D eigenvalue weighted by Gasteiger charge is 2.44. The van der Waals surface area contributed by atoms with Crippen LogP contribution >= 0.6 is 0 Å². The number of aliphatic hydroxyl groups is 1. The van der Waals surface area contributed by atoms with Gasteiger partial charge < -0.3 is 14.6 Å². The molecule has 3 heterocycles. The van der Waals surface area contributed by atoms with Gasteiger partial charge in [-0.15, -0.1) is 0 Å². The second-order valence-electron chi connectivity index (χ2n) is 4.95. The summed E-state index contributed by atoms with van der Waals surface area (Å²) in [5, 5.41) is 10.2. The van der Waals surface area contributed by atoms with Gasteiger partial charge in [0, 0.05) is 7.11 Å². The smallest absolute Gasteiger partial charge is 0.165 e. The Bertz CT molecular complexity index is 615. The first-order chi connectivity index (χ1) is 9.67. The Hall–Kier alpha value is -1.57. The minimum atomic E-state index is -0.657. The lowest BCUT2D eigenvalue weighted by Crippen LogP contribution is -2.33. The molecular weight excluding hydrogens is 260 g/mol. The fourth-order valence-electron chi connectivity index (χ4n) is 2.69. The van der Waals surface area contributed by atoms with Gasteiger partial charge in [0.2, 0.25) is 0 Å². The molecule has 7 nitrogen and oxygen atoms in total. The molecule has 2 aromatic rings. The molecule has 1 N–H and O–H groups in total. The zero-order chi connectivity index (χ0) is 14.3. The Morgan fingerprint density at radius 2 is 2.20 bits per heavy atom. The lowest BCUT2D eigenvalue weighted by Gasteiger charge is -2.19. The molecule has 1 saturated heterocycles. The maximum atomic E-state index is 10.2. The Balaban J connectivity index is 2.04. The first kappa shape index (κ1) is 13.4. The maximum Gasteiger partial charge on any atom is 0.165 e. The van der Waals surface area contributed by atoms with Gasteiger partial charge in [0.05, 0.1) is 18.1 Å². The predicted molar refractivity (Wildman–Crippen MR) is 71.1 cm³/mol. The number of fused-ring (bicyclic) bond motifs is 1. The summed E-state index contributed by atoms with van der Waals surface area (Å²) < 4.78 is 13.1. The Morgan fingerprint density at radius 1 is 1.40 bits per heavy atom. The fraction of sp³-hybridized carbons (Fsp3) is 0.615. The second kappa shape index (κ2) is 5.08. The van der Waals surface area contributed by atoms with Gasteiger partial charge in [-0.1, -0.05) is 6.92 Å². The number of rotatable bonds is 3. The lowest BCUT2D eigenvalue weighted by atomic mass is 10.1. The van der Waals surface area contributed by atoms with Crippen molar-refractivity contribution in [2.75, 3.05) is 7.11 Å². The van der Waals surface area contributed by atoms with Gasteiger partial charge in [0.15, 0.2) is 11.9 Å². The average molecular weight is 278 g/mol. The number of hydrogen-bond acceptors (Lipinski definition) is 6. The molecule has 4 atom stereocenters. The lowest BCUT2D eigenvalue weighted by molar-refractivity contribution is -0.0497. The fourth-order valence-corrected chi connectivity index (χ4v) is 2.69. The van der Waals surface area contributed by atoms with E-state index in [1.165, 1.54) is 6.33 Å². The number of nitrogens with zero attached hydrogens (tertiary/aromatic N) is 4. The van der Waals surface area contributed by atoms with E-state index in [0.29, 0.717) is 5.65 Å². The van der Waals surface area contributed by atoms with Crippen LogP contribution in [-0.2, 0) is 9.47 Å². The second-order valence-corrected chi connectivity index (χ2v) is 4.95. The number of aliphatic hydroxyl groups excluding tert-OH is 1. The van der Waals surface area contributed by atoms with Crippen molar-refractivity contribution < 1.29 is 14.6 Å². The molecule has 3 rings (SSSR count). The van der Waals surface area contributed by atoms with Crippen LogP contribution in [0, 0.1) is 6.92 Å². The summed E-state index contributed by atoms with van der Waals surface area (Å²) in [6.07, 6.45) is 2.11. The van der Waals surface area contributed by atoms with E-state index in [9.17, 15) is 5.11 Å². The summed E-state index contributed by atoms with van der Waals surface area (Å²) in [7, 11) is 1.57. The minimum Gasteiger partial charge on any atom is -0.388 e. The van der Waals surface area contributed by atoms with E-state index >= 15 is 0 Å². The highest BCUT2D eigenvalue weighted by molar-refractivity contribution is 5.72. The van der Waals surface area contributed by atoms with Crippen molar-refractivity contribution >= 4 is 11.2 Å². The highest BCUT2D eigenvalue weighted by atomic mass is 16.6. The van der Waals surface area contributed by atoms with Gasteiger partial charge in [-0.2, -0.15) is 0 Å². The van der Waals surface area contributed by atoms with Crippen molar-refractivity contribution in [2.45, 2.75) is 44.8 Å². The van der Waals surface area contributed by atoms with Gasteiger partial charge in [-0.3, -0.25) is 4.57 Å².